The van der Waals surface area contributed by atoms with Crippen LogP contribution < -0.4 is 9.47 Å². The highest BCUT2D eigenvalue weighted by atomic mass is 35.5. The Labute approximate surface area is 174 Å². The van der Waals surface area contributed by atoms with E-state index >= 15 is 0 Å². The molecule has 0 radical (unpaired) electrons. The summed E-state index contributed by atoms with van der Waals surface area (Å²) in [5, 5.41) is 13.0. The number of aromatic nitrogens is 4. The van der Waals surface area contributed by atoms with Crippen molar-refractivity contribution in [2.45, 2.75) is 17.1 Å². The van der Waals surface area contributed by atoms with Crippen LogP contribution in [0.25, 0.3) is 11.5 Å². The summed E-state index contributed by atoms with van der Waals surface area (Å²) in [5.74, 6) is 2.96. The van der Waals surface area contributed by atoms with Crippen LogP contribution in [-0.4, -0.2) is 26.9 Å². The maximum Gasteiger partial charge on any atom is 0.277 e. The number of halogens is 1. The van der Waals surface area contributed by atoms with Gasteiger partial charge in [-0.15, -0.1) is 10.2 Å². The van der Waals surface area contributed by atoms with Crippen LogP contribution in [0.2, 0.25) is 5.02 Å². The van der Waals surface area contributed by atoms with Crippen LogP contribution in [0.5, 0.6) is 11.5 Å². The molecule has 0 saturated heterocycles. The highest BCUT2D eigenvalue weighted by molar-refractivity contribution is 7.98. The quantitative estimate of drug-likeness (QED) is 0.423. The van der Waals surface area contributed by atoms with E-state index < -0.39 is 6.10 Å². The first kappa shape index (κ1) is 18.0. The van der Waals surface area contributed by atoms with Crippen LogP contribution >= 0.6 is 23.4 Å². The Kier molecular flexibility index (Phi) is 4.82. The van der Waals surface area contributed by atoms with E-state index in [0.29, 0.717) is 57.3 Å². The molecule has 5 rings (SSSR count). The number of para-hydroxylation sites is 2. The smallest absolute Gasteiger partial charge is 0.277 e. The Hall–Kier alpha value is -3.04. The molecule has 0 unspecified atom stereocenters. The lowest BCUT2D eigenvalue weighted by Crippen LogP contribution is -2.21. The van der Waals surface area contributed by atoms with Gasteiger partial charge in [-0.2, -0.15) is 4.98 Å². The summed E-state index contributed by atoms with van der Waals surface area (Å²) in [5.41, 5.74) is 0.688. The summed E-state index contributed by atoms with van der Waals surface area (Å²) in [6.07, 6.45) is -0.455. The van der Waals surface area contributed by atoms with E-state index in [-0.39, 0.29) is 0 Å². The molecule has 0 amide bonds. The molecule has 4 aromatic rings. The summed E-state index contributed by atoms with van der Waals surface area (Å²) in [6.45, 7) is 0.301. The van der Waals surface area contributed by atoms with Crippen LogP contribution in [0.1, 0.15) is 17.8 Å². The third-order valence-electron chi connectivity index (χ3n) is 4.10. The summed E-state index contributed by atoms with van der Waals surface area (Å²) in [4.78, 5) is 4.36. The average Bonchev–Trinajstić information content (AvgIpc) is 3.42. The molecule has 10 heteroatoms. The van der Waals surface area contributed by atoms with Crippen LogP contribution in [0, 0.1) is 0 Å². The largest absolute Gasteiger partial charge is 0.485 e. The first-order chi connectivity index (χ1) is 14.3. The molecule has 29 heavy (non-hydrogen) atoms. The van der Waals surface area contributed by atoms with Gasteiger partial charge in [0.15, 0.2) is 17.3 Å². The minimum absolute atomic E-state index is 0.301. The van der Waals surface area contributed by atoms with Crippen LogP contribution in [0.15, 0.2) is 62.7 Å². The first-order valence-electron chi connectivity index (χ1n) is 8.68. The molecule has 1 atom stereocenters. The molecule has 0 N–H and O–H groups in total. The van der Waals surface area contributed by atoms with Crippen LogP contribution in [0.3, 0.4) is 0 Å². The average molecular weight is 429 g/mol. The molecule has 1 aliphatic heterocycles. The molecular formula is C19H13ClN4O4S. The maximum atomic E-state index is 6.16. The number of rotatable bonds is 5. The zero-order valence-corrected chi connectivity index (χ0v) is 16.4. The van der Waals surface area contributed by atoms with Gasteiger partial charge in [-0.3, -0.25) is 0 Å². The standard InChI is InChI=1S/C19H13ClN4O4S/c20-12-6-2-1-5-11(12)17-21-16(24-28-17)10-29-19-23-22-18(27-19)15-9-25-13-7-3-4-8-14(13)26-15/h1-8,15H,9-10H2/t15-/m0/s1. The summed E-state index contributed by atoms with van der Waals surface area (Å²) in [7, 11) is 0. The van der Waals surface area contributed by atoms with Gasteiger partial charge in [-0.05, 0) is 24.3 Å². The minimum atomic E-state index is -0.455. The molecule has 1 aliphatic rings. The number of hydrogen-bond donors (Lipinski definition) is 0. The third-order valence-corrected chi connectivity index (χ3v) is 5.25. The lowest BCUT2D eigenvalue weighted by Gasteiger charge is -2.23. The second-order valence-corrected chi connectivity index (χ2v) is 7.39. The molecule has 0 bridgehead atoms. The fraction of sp³-hybridized carbons (Fsp3) is 0.158. The zero-order chi connectivity index (χ0) is 19.6. The molecule has 0 spiro atoms. The van der Waals surface area contributed by atoms with Gasteiger partial charge in [-0.1, -0.05) is 52.8 Å². The Morgan fingerprint density at radius 2 is 1.86 bits per heavy atom. The van der Waals surface area contributed by atoms with E-state index in [1.807, 2.05) is 42.5 Å². The van der Waals surface area contributed by atoms with Gasteiger partial charge in [0.1, 0.15) is 6.61 Å². The highest BCUT2D eigenvalue weighted by Crippen LogP contribution is 2.36. The van der Waals surface area contributed by atoms with Gasteiger partial charge in [0.05, 0.1) is 16.3 Å². The van der Waals surface area contributed by atoms with E-state index in [2.05, 4.69) is 20.3 Å². The monoisotopic (exact) mass is 428 g/mol. The predicted octanol–water partition coefficient (Wildman–Crippen LogP) is 4.58. The lowest BCUT2D eigenvalue weighted by atomic mass is 10.2. The van der Waals surface area contributed by atoms with Crippen molar-refractivity contribution in [1.29, 1.82) is 0 Å². The van der Waals surface area contributed by atoms with Crippen molar-refractivity contribution in [2.75, 3.05) is 6.61 Å². The normalized spacial score (nSPS) is 15.4. The zero-order valence-electron chi connectivity index (χ0n) is 14.8. The van der Waals surface area contributed by atoms with Gasteiger partial charge >= 0.3 is 0 Å². The highest BCUT2D eigenvalue weighted by Gasteiger charge is 2.27. The van der Waals surface area contributed by atoms with Crippen molar-refractivity contribution in [3.63, 3.8) is 0 Å². The fourth-order valence-electron chi connectivity index (χ4n) is 2.73. The summed E-state index contributed by atoms with van der Waals surface area (Å²) in [6, 6.07) is 14.7. The number of hydrogen-bond acceptors (Lipinski definition) is 9. The van der Waals surface area contributed by atoms with Crippen molar-refractivity contribution >= 4 is 23.4 Å². The summed E-state index contributed by atoms with van der Waals surface area (Å²) < 4.78 is 22.5. The van der Waals surface area contributed by atoms with Crippen LogP contribution in [0.4, 0.5) is 0 Å². The molecule has 2 aromatic carbocycles. The SMILES string of the molecule is Clc1ccccc1-c1nc(CSc2nnc([C@@H]3COc4ccccc4O3)o2)no1. The molecule has 146 valence electrons. The van der Waals surface area contributed by atoms with Crippen molar-refractivity contribution in [1.82, 2.24) is 20.3 Å². The molecule has 0 fully saturated rings. The first-order valence-corrected chi connectivity index (χ1v) is 10.0. The van der Waals surface area contributed by atoms with Gasteiger partial charge in [0.25, 0.3) is 17.0 Å². The minimum Gasteiger partial charge on any atom is -0.485 e. The Bertz CT molecular complexity index is 1150. The Morgan fingerprint density at radius 3 is 2.76 bits per heavy atom. The van der Waals surface area contributed by atoms with Crippen molar-refractivity contribution in [3.05, 3.63) is 65.3 Å². The second-order valence-electron chi connectivity index (χ2n) is 6.05. The van der Waals surface area contributed by atoms with Gasteiger partial charge in [0.2, 0.25) is 6.10 Å². The van der Waals surface area contributed by atoms with E-state index in [4.69, 9.17) is 30.0 Å². The van der Waals surface area contributed by atoms with E-state index in [0.717, 1.165) is 0 Å². The van der Waals surface area contributed by atoms with Crippen molar-refractivity contribution in [2.24, 2.45) is 0 Å². The maximum absolute atomic E-state index is 6.16. The van der Waals surface area contributed by atoms with Crippen molar-refractivity contribution in [3.8, 4) is 23.0 Å². The number of fused-ring (bicyclic) bond motifs is 1. The molecule has 0 saturated carbocycles. The molecular weight excluding hydrogens is 416 g/mol. The van der Waals surface area contributed by atoms with Crippen molar-refractivity contribution < 1.29 is 18.4 Å². The summed E-state index contributed by atoms with van der Waals surface area (Å²) >= 11 is 7.46. The second kappa shape index (κ2) is 7.76. The van der Waals surface area contributed by atoms with Gasteiger partial charge < -0.3 is 18.4 Å². The molecule has 3 heterocycles. The molecule has 8 nitrogen and oxygen atoms in total. The lowest BCUT2D eigenvalue weighted by molar-refractivity contribution is 0.0686. The Balaban J connectivity index is 1.23. The van der Waals surface area contributed by atoms with Crippen LogP contribution in [-0.2, 0) is 5.75 Å². The number of ether oxygens (including phenoxy) is 2. The third kappa shape index (κ3) is 3.79. The van der Waals surface area contributed by atoms with E-state index in [9.17, 15) is 0 Å². The molecule has 0 aliphatic carbocycles. The van der Waals surface area contributed by atoms with Gasteiger partial charge in [0, 0.05) is 0 Å². The Morgan fingerprint density at radius 1 is 1.03 bits per heavy atom. The number of nitrogens with zero attached hydrogens (tertiary/aromatic N) is 4. The van der Waals surface area contributed by atoms with E-state index in [1.165, 1.54) is 11.8 Å². The van der Waals surface area contributed by atoms with Gasteiger partial charge in [-0.25, -0.2) is 0 Å². The predicted molar refractivity (Wildman–Crippen MR) is 104 cm³/mol. The van der Waals surface area contributed by atoms with E-state index in [1.54, 1.807) is 6.07 Å². The molecule has 2 aromatic heterocycles. The number of benzene rings is 2. The number of thioether (sulfide) groups is 1. The fourth-order valence-corrected chi connectivity index (χ4v) is 3.56. The topological polar surface area (TPSA) is 96.3 Å².